The van der Waals surface area contributed by atoms with Crippen LogP contribution in [0.1, 0.15) is 29.7 Å². The van der Waals surface area contributed by atoms with Gasteiger partial charge in [-0.25, -0.2) is 0 Å². The van der Waals surface area contributed by atoms with Gasteiger partial charge in [0.05, 0.1) is 6.20 Å². The van der Waals surface area contributed by atoms with Crippen molar-refractivity contribution in [2.75, 3.05) is 6.54 Å². The van der Waals surface area contributed by atoms with E-state index in [1.165, 1.54) is 16.7 Å². The van der Waals surface area contributed by atoms with Gasteiger partial charge in [0.1, 0.15) is 0 Å². The summed E-state index contributed by atoms with van der Waals surface area (Å²) in [6, 6.07) is 6.48. The van der Waals surface area contributed by atoms with Gasteiger partial charge in [-0.1, -0.05) is 30.7 Å². The molecule has 0 saturated heterocycles. The Kier molecular flexibility index (Phi) is 4.61. The Bertz CT molecular complexity index is 548. The second kappa shape index (κ2) is 6.22. The van der Waals surface area contributed by atoms with Crippen LogP contribution in [0.25, 0.3) is 0 Å². The number of likely N-dealkylation sites (N-methyl/N-ethyl adjacent to an activating group) is 1. The molecule has 0 fully saturated rings. The summed E-state index contributed by atoms with van der Waals surface area (Å²) < 4.78 is 1.83. The maximum atomic E-state index is 6.32. The Hall–Kier alpha value is -1.32. The van der Waals surface area contributed by atoms with E-state index in [9.17, 15) is 0 Å². The van der Waals surface area contributed by atoms with Gasteiger partial charge in [0, 0.05) is 29.9 Å². The molecule has 0 saturated carbocycles. The monoisotopic (exact) mass is 277 g/mol. The van der Waals surface area contributed by atoms with Crippen molar-refractivity contribution in [3.8, 4) is 0 Å². The van der Waals surface area contributed by atoms with Crippen molar-refractivity contribution in [2.45, 2.75) is 26.3 Å². The van der Waals surface area contributed by atoms with Crippen LogP contribution in [0.15, 0.2) is 30.6 Å². The fraction of sp³-hybridized carbons (Fsp3) is 0.400. The molecular weight excluding hydrogens is 258 g/mol. The molecule has 0 radical (unpaired) electrons. The first kappa shape index (κ1) is 14.1. The highest BCUT2D eigenvalue weighted by Crippen LogP contribution is 2.24. The first-order chi connectivity index (χ1) is 9.10. The predicted molar refractivity (Wildman–Crippen MR) is 79.5 cm³/mol. The largest absolute Gasteiger partial charge is 0.310 e. The number of hydrogen-bond acceptors (Lipinski definition) is 2. The fourth-order valence-corrected chi connectivity index (χ4v) is 2.52. The van der Waals surface area contributed by atoms with Crippen LogP contribution < -0.4 is 5.32 Å². The highest BCUT2D eigenvalue weighted by atomic mass is 35.5. The summed E-state index contributed by atoms with van der Waals surface area (Å²) in [5, 5.41) is 8.57. The van der Waals surface area contributed by atoms with Crippen molar-refractivity contribution in [2.24, 2.45) is 7.05 Å². The van der Waals surface area contributed by atoms with E-state index >= 15 is 0 Å². The Morgan fingerprint density at radius 2 is 2.21 bits per heavy atom. The van der Waals surface area contributed by atoms with Crippen LogP contribution in [-0.4, -0.2) is 16.3 Å². The number of halogens is 1. The second-order valence-corrected chi connectivity index (χ2v) is 5.26. The number of rotatable bonds is 5. The summed E-state index contributed by atoms with van der Waals surface area (Å²) >= 11 is 6.32. The van der Waals surface area contributed by atoms with Gasteiger partial charge >= 0.3 is 0 Å². The molecule has 1 unspecified atom stereocenters. The van der Waals surface area contributed by atoms with Crippen LogP contribution in [-0.2, 0) is 13.5 Å². The molecule has 2 aromatic rings. The van der Waals surface area contributed by atoms with Crippen molar-refractivity contribution < 1.29 is 0 Å². The lowest BCUT2D eigenvalue weighted by Crippen LogP contribution is -2.22. The van der Waals surface area contributed by atoms with Crippen molar-refractivity contribution in [3.05, 3.63) is 52.3 Å². The summed E-state index contributed by atoms with van der Waals surface area (Å²) in [7, 11) is 1.94. The predicted octanol–water partition coefficient (Wildman–Crippen LogP) is 3.28. The van der Waals surface area contributed by atoms with E-state index in [2.05, 4.69) is 42.6 Å². The first-order valence-corrected chi connectivity index (χ1v) is 6.95. The van der Waals surface area contributed by atoms with E-state index in [0.717, 1.165) is 18.0 Å². The minimum Gasteiger partial charge on any atom is -0.310 e. The number of benzene rings is 1. The molecule has 1 atom stereocenters. The molecule has 3 nitrogen and oxygen atoms in total. The first-order valence-electron chi connectivity index (χ1n) is 6.57. The summed E-state index contributed by atoms with van der Waals surface area (Å²) in [6.07, 6.45) is 4.84. The Morgan fingerprint density at radius 3 is 2.79 bits per heavy atom. The molecule has 0 amide bonds. The Morgan fingerprint density at radius 1 is 1.42 bits per heavy atom. The molecule has 0 spiro atoms. The molecule has 0 aliphatic carbocycles. The summed E-state index contributed by atoms with van der Waals surface area (Å²) in [6.45, 7) is 5.09. The van der Waals surface area contributed by atoms with Crippen LogP contribution in [0.5, 0.6) is 0 Å². The highest BCUT2D eigenvalue weighted by molar-refractivity contribution is 6.31. The quantitative estimate of drug-likeness (QED) is 0.909. The third-order valence-corrected chi connectivity index (χ3v) is 3.56. The van der Waals surface area contributed by atoms with Gasteiger partial charge < -0.3 is 5.32 Å². The van der Waals surface area contributed by atoms with Gasteiger partial charge in [0.2, 0.25) is 0 Å². The molecule has 1 aromatic heterocycles. The molecule has 102 valence electrons. The van der Waals surface area contributed by atoms with E-state index in [-0.39, 0.29) is 6.04 Å². The molecule has 2 rings (SSSR count). The lowest BCUT2D eigenvalue weighted by molar-refractivity contribution is 0.549. The van der Waals surface area contributed by atoms with Gasteiger partial charge in [-0.2, -0.15) is 5.10 Å². The van der Waals surface area contributed by atoms with Crippen molar-refractivity contribution in [1.82, 2.24) is 15.1 Å². The summed E-state index contributed by atoms with van der Waals surface area (Å²) in [5.74, 6) is 0. The number of aryl methyl sites for hydroxylation is 2. The van der Waals surface area contributed by atoms with Crippen molar-refractivity contribution in [1.29, 1.82) is 0 Å². The Balaban J connectivity index is 2.21. The molecular formula is C15H20ClN3. The van der Waals surface area contributed by atoms with E-state index < -0.39 is 0 Å². The van der Waals surface area contributed by atoms with Crippen LogP contribution in [0.3, 0.4) is 0 Å². The molecule has 0 bridgehead atoms. The zero-order valence-electron chi connectivity index (χ0n) is 11.7. The molecule has 0 aliphatic heterocycles. The molecule has 4 heteroatoms. The maximum Gasteiger partial charge on any atom is 0.0537 e. The minimum absolute atomic E-state index is 0.249. The van der Waals surface area contributed by atoms with Gasteiger partial charge in [0.25, 0.3) is 0 Å². The van der Waals surface area contributed by atoms with Crippen molar-refractivity contribution in [3.63, 3.8) is 0 Å². The molecule has 0 aliphatic rings. The minimum atomic E-state index is 0.249. The van der Waals surface area contributed by atoms with E-state index in [4.69, 9.17) is 11.6 Å². The van der Waals surface area contributed by atoms with Gasteiger partial charge in [-0.15, -0.1) is 0 Å². The highest BCUT2D eigenvalue weighted by Gasteiger charge is 2.14. The van der Waals surface area contributed by atoms with Crippen molar-refractivity contribution >= 4 is 11.6 Å². The van der Waals surface area contributed by atoms with Crippen LogP contribution >= 0.6 is 11.6 Å². The van der Waals surface area contributed by atoms with Crippen LogP contribution in [0, 0.1) is 6.92 Å². The van der Waals surface area contributed by atoms with E-state index in [1.54, 1.807) is 0 Å². The smallest absolute Gasteiger partial charge is 0.0537 e. The van der Waals surface area contributed by atoms with Gasteiger partial charge in [-0.05, 0) is 37.1 Å². The van der Waals surface area contributed by atoms with Gasteiger partial charge in [-0.3, -0.25) is 4.68 Å². The SMILES string of the molecule is CCNC(Cc1ccc(C)cc1Cl)c1cnn(C)c1. The average molecular weight is 278 g/mol. The average Bonchev–Trinajstić information content (AvgIpc) is 2.78. The third kappa shape index (κ3) is 3.58. The number of nitrogens with zero attached hydrogens (tertiary/aromatic N) is 2. The van der Waals surface area contributed by atoms with Crippen LogP contribution in [0.4, 0.5) is 0 Å². The molecule has 1 aromatic carbocycles. The molecule has 1 heterocycles. The second-order valence-electron chi connectivity index (χ2n) is 4.86. The van der Waals surface area contributed by atoms with Crippen LogP contribution in [0.2, 0.25) is 5.02 Å². The fourth-order valence-electron chi connectivity index (χ4n) is 2.21. The third-order valence-electron chi connectivity index (χ3n) is 3.21. The standard InChI is InChI=1S/C15H20ClN3/c1-4-17-15(13-9-18-19(3)10-13)8-12-6-5-11(2)7-14(12)16/h5-7,9-10,15,17H,4,8H2,1-3H3. The number of nitrogens with one attached hydrogen (secondary N) is 1. The zero-order valence-corrected chi connectivity index (χ0v) is 12.4. The topological polar surface area (TPSA) is 29.9 Å². The van der Waals surface area contributed by atoms with Gasteiger partial charge in [0.15, 0.2) is 0 Å². The lowest BCUT2D eigenvalue weighted by Gasteiger charge is -2.17. The molecule has 19 heavy (non-hydrogen) atoms. The number of aromatic nitrogens is 2. The zero-order chi connectivity index (χ0) is 13.8. The normalized spacial score (nSPS) is 12.6. The Labute approximate surface area is 119 Å². The summed E-state index contributed by atoms with van der Waals surface area (Å²) in [4.78, 5) is 0. The summed E-state index contributed by atoms with van der Waals surface area (Å²) in [5.41, 5.74) is 3.55. The van der Waals surface area contributed by atoms with E-state index in [0.29, 0.717) is 0 Å². The lowest BCUT2D eigenvalue weighted by atomic mass is 10.0. The van der Waals surface area contributed by atoms with E-state index in [1.807, 2.05) is 24.0 Å². The molecule has 1 N–H and O–H groups in total. The number of hydrogen-bond donors (Lipinski definition) is 1. The maximum absolute atomic E-state index is 6.32.